The first kappa shape index (κ1) is 19.9. The highest BCUT2D eigenvalue weighted by Crippen LogP contribution is 2.31. The summed E-state index contributed by atoms with van der Waals surface area (Å²) in [4.78, 5) is 11.7. The Labute approximate surface area is 159 Å². The summed E-state index contributed by atoms with van der Waals surface area (Å²) in [5.74, 6) is -1.49. The van der Waals surface area contributed by atoms with Gasteiger partial charge in [-0.2, -0.15) is 5.10 Å². The van der Waals surface area contributed by atoms with Crippen LogP contribution in [0, 0.1) is 17.5 Å². The Kier molecular flexibility index (Phi) is 6.30. The lowest BCUT2D eigenvalue weighted by Gasteiger charge is -2.26. The maximum atomic E-state index is 13.6. The highest BCUT2D eigenvalue weighted by atomic mass is 19.1. The third-order valence-electron chi connectivity index (χ3n) is 4.42. The average Bonchev–Trinajstić information content (AvgIpc) is 2.65. The maximum absolute atomic E-state index is 13.6. The number of benzene rings is 2. The first-order valence-electron chi connectivity index (χ1n) is 8.85. The monoisotopic (exact) mass is 391 g/mol. The number of aromatic amines is 1. The van der Waals surface area contributed by atoms with Gasteiger partial charge in [-0.05, 0) is 37.1 Å². The molecule has 1 aliphatic rings. The minimum Gasteiger partial charge on any atom is -0.385 e. The van der Waals surface area contributed by atoms with Crippen molar-refractivity contribution in [1.29, 1.82) is 0 Å². The van der Waals surface area contributed by atoms with E-state index in [0.29, 0.717) is 17.7 Å². The lowest BCUT2D eigenvalue weighted by atomic mass is 9.96. The lowest BCUT2D eigenvalue weighted by Crippen LogP contribution is -2.29. The SMILES string of the molecule is COCCCC1Cc2n[nH]c(=O)c3cc(F)cc(c23)N1.Fc1cccc(F)c1. The van der Waals surface area contributed by atoms with Crippen molar-refractivity contribution in [2.75, 3.05) is 19.0 Å². The topological polar surface area (TPSA) is 67.0 Å². The molecular weight excluding hydrogens is 371 g/mol. The van der Waals surface area contributed by atoms with E-state index in [0.717, 1.165) is 36.4 Å². The maximum Gasteiger partial charge on any atom is 0.272 e. The van der Waals surface area contributed by atoms with Gasteiger partial charge in [0.25, 0.3) is 5.56 Å². The molecule has 0 fully saturated rings. The number of ether oxygens (including phenoxy) is 1. The molecule has 1 unspecified atom stereocenters. The summed E-state index contributed by atoms with van der Waals surface area (Å²) < 4.78 is 42.5. The van der Waals surface area contributed by atoms with Gasteiger partial charge in [-0.25, -0.2) is 18.3 Å². The van der Waals surface area contributed by atoms with Gasteiger partial charge < -0.3 is 10.1 Å². The Morgan fingerprint density at radius 1 is 1.14 bits per heavy atom. The molecule has 2 N–H and O–H groups in total. The van der Waals surface area contributed by atoms with Crippen LogP contribution in [-0.2, 0) is 11.2 Å². The van der Waals surface area contributed by atoms with Crippen molar-refractivity contribution in [2.24, 2.45) is 0 Å². The molecule has 8 heteroatoms. The molecule has 148 valence electrons. The quantitative estimate of drug-likeness (QED) is 0.664. The summed E-state index contributed by atoms with van der Waals surface area (Å²) in [5.41, 5.74) is 1.11. The van der Waals surface area contributed by atoms with E-state index < -0.39 is 17.5 Å². The first-order valence-corrected chi connectivity index (χ1v) is 8.85. The number of aromatic nitrogens is 2. The second kappa shape index (κ2) is 8.88. The summed E-state index contributed by atoms with van der Waals surface area (Å²) in [6.07, 6.45) is 2.55. The Bertz CT molecular complexity index is 1010. The molecule has 2 heterocycles. The number of nitrogens with zero attached hydrogens (tertiary/aromatic N) is 1. The number of hydrogen-bond acceptors (Lipinski definition) is 4. The lowest BCUT2D eigenvalue weighted by molar-refractivity contribution is 0.191. The van der Waals surface area contributed by atoms with E-state index in [1.165, 1.54) is 30.3 Å². The number of methoxy groups -OCH3 is 1. The molecule has 0 saturated heterocycles. The number of hydrogen-bond donors (Lipinski definition) is 2. The Hall–Kier alpha value is -2.87. The van der Waals surface area contributed by atoms with Gasteiger partial charge in [-0.15, -0.1) is 0 Å². The van der Waals surface area contributed by atoms with E-state index in [4.69, 9.17) is 4.74 Å². The molecule has 28 heavy (non-hydrogen) atoms. The van der Waals surface area contributed by atoms with Gasteiger partial charge in [0.05, 0.1) is 11.1 Å². The highest BCUT2D eigenvalue weighted by molar-refractivity contribution is 5.96. The summed E-state index contributed by atoms with van der Waals surface area (Å²) in [7, 11) is 1.67. The Morgan fingerprint density at radius 2 is 1.89 bits per heavy atom. The summed E-state index contributed by atoms with van der Waals surface area (Å²) >= 11 is 0. The van der Waals surface area contributed by atoms with E-state index in [1.54, 1.807) is 7.11 Å². The van der Waals surface area contributed by atoms with Gasteiger partial charge in [0, 0.05) is 43.3 Å². The Balaban J connectivity index is 0.000000236. The molecule has 2 aromatic carbocycles. The number of halogens is 3. The molecule has 1 aliphatic heterocycles. The highest BCUT2D eigenvalue weighted by Gasteiger charge is 2.23. The van der Waals surface area contributed by atoms with Crippen molar-refractivity contribution in [3.8, 4) is 0 Å². The molecule has 0 saturated carbocycles. The van der Waals surface area contributed by atoms with E-state index in [9.17, 15) is 18.0 Å². The summed E-state index contributed by atoms with van der Waals surface area (Å²) in [5, 5.41) is 10.9. The summed E-state index contributed by atoms with van der Waals surface area (Å²) in [6, 6.07) is 7.42. The zero-order valence-corrected chi connectivity index (χ0v) is 15.3. The van der Waals surface area contributed by atoms with Gasteiger partial charge in [0.15, 0.2) is 0 Å². The van der Waals surface area contributed by atoms with Gasteiger partial charge in [-0.1, -0.05) is 6.07 Å². The van der Waals surface area contributed by atoms with Gasteiger partial charge in [0.1, 0.15) is 17.5 Å². The van der Waals surface area contributed by atoms with Gasteiger partial charge >= 0.3 is 0 Å². The smallest absolute Gasteiger partial charge is 0.272 e. The summed E-state index contributed by atoms with van der Waals surface area (Å²) in [6.45, 7) is 0.697. The Morgan fingerprint density at radius 3 is 2.54 bits per heavy atom. The number of nitrogens with one attached hydrogen (secondary N) is 2. The number of anilines is 1. The predicted molar refractivity (Wildman–Crippen MR) is 101 cm³/mol. The van der Waals surface area contributed by atoms with Crippen molar-refractivity contribution in [2.45, 2.75) is 25.3 Å². The minimum atomic E-state index is -0.537. The largest absolute Gasteiger partial charge is 0.385 e. The van der Waals surface area contributed by atoms with Crippen molar-refractivity contribution in [3.05, 3.63) is 69.9 Å². The molecule has 0 aliphatic carbocycles. The van der Waals surface area contributed by atoms with Crippen LogP contribution in [-0.4, -0.2) is 30.0 Å². The fraction of sp³-hybridized carbons (Fsp3) is 0.300. The van der Waals surface area contributed by atoms with E-state index in [-0.39, 0.29) is 11.6 Å². The molecule has 0 radical (unpaired) electrons. The molecule has 0 bridgehead atoms. The molecule has 1 atom stereocenters. The van der Waals surface area contributed by atoms with Crippen LogP contribution in [0.5, 0.6) is 0 Å². The van der Waals surface area contributed by atoms with Crippen molar-refractivity contribution >= 4 is 16.5 Å². The third kappa shape index (κ3) is 4.69. The van der Waals surface area contributed by atoms with Crippen LogP contribution in [0.25, 0.3) is 10.8 Å². The van der Waals surface area contributed by atoms with Crippen LogP contribution in [0.3, 0.4) is 0 Å². The predicted octanol–water partition coefficient (Wildman–Crippen LogP) is 3.79. The molecule has 1 aromatic heterocycles. The number of rotatable bonds is 4. The second-order valence-corrected chi connectivity index (χ2v) is 6.50. The van der Waals surface area contributed by atoms with Crippen LogP contribution in [0.2, 0.25) is 0 Å². The van der Waals surface area contributed by atoms with E-state index in [1.807, 2.05) is 0 Å². The van der Waals surface area contributed by atoms with Crippen LogP contribution >= 0.6 is 0 Å². The zero-order chi connectivity index (χ0) is 20.1. The standard InChI is InChI=1S/C14H16FN3O2.C6H4F2/c1-20-4-2-3-9-7-12-13-10(14(19)18-17-12)5-8(15)6-11(13)16-9;7-5-2-1-3-6(8)4-5/h5-6,9,16H,2-4,7H2,1H3,(H,18,19);1-4H. The molecule has 3 aromatic rings. The first-order chi connectivity index (χ1) is 13.5. The van der Waals surface area contributed by atoms with Crippen LogP contribution in [0.4, 0.5) is 18.9 Å². The molecule has 5 nitrogen and oxygen atoms in total. The minimum absolute atomic E-state index is 0.182. The molecule has 4 rings (SSSR count). The van der Waals surface area contributed by atoms with Gasteiger partial charge in [0.2, 0.25) is 0 Å². The number of H-pyrrole nitrogens is 1. The fourth-order valence-electron chi connectivity index (χ4n) is 3.21. The van der Waals surface area contributed by atoms with E-state index in [2.05, 4.69) is 15.5 Å². The van der Waals surface area contributed by atoms with Crippen molar-refractivity contribution in [1.82, 2.24) is 10.2 Å². The van der Waals surface area contributed by atoms with Crippen molar-refractivity contribution in [3.63, 3.8) is 0 Å². The molecular formula is C20H20F3N3O2. The average molecular weight is 391 g/mol. The second-order valence-electron chi connectivity index (χ2n) is 6.50. The van der Waals surface area contributed by atoms with Gasteiger partial charge in [-0.3, -0.25) is 4.79 Å². The van der Waals surface area contributed by atoms with Crippen LogP contribution in [0.15, 0.2) is 41.2 Å². The van der Waals surface area contributed by atoms with Crippen LogP contribution < -0.4 is 10.9 Å². The normalized spacial score (nSPS) is 14.9. The zero-order valence-electron chi connectivity index (χ0n) is 15.3. The van der Waals surface area contributed by atoms with Crippen molar-refractivity contribution < 1.29 is 17.9 Å². The molecule has 0 amide bonds. The molecule has 0 spiro atoms. The van der Waals surface area contributed by atoms with Crippen LogP contribution in [0.1, 0.15) is 18.5 Å². The fourth-order valence-corrected chi connectivity index (χ4v) is 3.21. The third-order valence-corrected chi connectivity index (χ3v) is 4.42. The van der Waals surface area contributed by atoms with E-state index >= 15 is 0 Å².